The molecule has 0 radical (unpaired) electrons. The van der Waals surface area contributed by atoms with Gasteiger partial charge < -0.3 is 15.5 Å². The van der Waals surface area contributed by atoms with Crippen LogP contribution in [0, 0.1) is 5.92 Å². The molecule has 178 valence electrons. The zero-order valence-electron chi connectivity index (χ0n) is 18.0. The third-order valence-corrected chi connectivity index (χ3v) is 5.83. The Balaban J connectivity index is 0.000000390. The molecular weight excluding hydrogens is 425 g/mol. The molecule has 6 nitrogen and oxygen atoms in total. The second kappa shape index (κ2) is 12.6. The number of alkyl halides is 3. The molecule has 32 heavy (non-hydrogen) atoms. The predicted octanol–water partition coefficient (Wildman–Crippen LogP) is 4.16. The fourth-order valence-corrected chi connectivity index (χ4v) is 4.29. The van der Waals surface area contributed by atoms with Gasteiger partial charge in [-0.2, -0.15) is 13.2 Å². The molecule has 1 aromatic rings. The molecule has 3 N–H and O–H groups in total. The van der Waals surface area contributed by atoms with E-state index in [9.17, 15) is 22.8 Å². The highest BCUT2D eigenvalue weighted by Crippen LogP contribution is 2.33. The number of rotatable bonds is 7. The summed E-state index contributed by atoms with van der Waals surface area (Å²) >= 11 is 0. The predicted molar refractivity (Wildman–Crippen MR) is 114 cm³/mol. The van der Waals surface area contributed by atoms with Crippen LogP contribution >= 0.6 is 0 Å². The lowest BCUT2D eigenvalue weighted by Crippen LogP contribution is -2.40. The lowest BCUT2D eigenvalue weighted by molar-refractivity contribution is -0.138. The van der Waals surface area contributed by atoms with Crippen LogP contribution in [0.2, 0.25) is 0 Å². The number of carboxylic acids is 2. The number of nitrogens with one attached hydrogen (secondary N) is 1. The fraction of sp³-hybridized carbons (Fsp3) is 0.565. The Kier molecular flexibility index (Phi) is 10.2. The first-order chi connectivity index (χ1) is 15.2. The molecule has 0 aromatic heterocycles. The second-order valence-corrected chi connectivity index (χ2v) is 8.24. The first kappa shape index (κ1) is 25.9. The maximum atomic E-state index is 13.3. The average molecular weight is 457 g/mol. The zero-order valence-corrected chi connectivity index (χ0v) is 18.0. The van der Waals surface area contributed by atoms with Crippen molar-refractivity contribution >= 4 is 11.9 Å². The summed E-state index contributed by atoms with van der Waals surface area (Å²) < 4.78 is 39.9. The largest absolute Gasteiger partial charge is 0.478 e. The summed E-state index contributed by atoms with van der Waals surface area (Å²) in [6.45, 7) is 3.19. The molecule has 0 amide bonds. The van der Waals surface area contributed by atoms with Crippen LogP contribution in [0.1, 0.15) is 49.7 Å². The topological polar surface area (TPSA) is 89.9 Å². The normalized spacial score (nSPS) is 19.7. The van der Waals surface area contributed by atoms with E-state index in [1.807, 2.05) is 0 Å². The van der Waals surface area contributed by atoms with Gasteiger partial charge in [-0.05, 0) is 43.4 Å². The number of halogens is 3. The van der Waals surface area contributed by atoms with E-state index in [0.29, 0.717) is 36.2 Å². The molecule has 0 bridgehead atoms. The minimum atomic E-state index is -4.28. The van der Waals surface area contributed by atoms with Crippen molar-refractivity contribution < 1.29 is 33.0 Å². The number of hydrogen-bond acceptors (Lipinski definition) is 4. The van der Waals surface area contributed by atoms with Gasteiger partial charge >= 0.3 is 18.1 Å². The van der Waals surface area contributed by atoms with E-state index < -0.39 is 23.7 Å². The standard InChI is InChI=1S/C19H27F3N2.C4H4O4/c20-19(21,22)18-9-5-4-8-16(18)14-24(17-10-11-23-12-17)13-15-6-2-1-3-7-15;5-3(6)1-2-4(7)8/h4-5,8-9,15,17,23H,1-3,6-7,10-14H2;1-2H,(H,5,6)(H,7,8)/b;2-1+/t17-;/m0./s1. The van der Waals surface area contributed by atoms with Gasteiger partial charge in [-0.3, -0.25) is 4.90 Å². The third-order valence-electron chi connectivity index (χ3n) is 5.83. The molecule has 9 heteroatoms. The van der Waals surface area contributed by atoms with Crippen molar-refractivity contribution in [2.24, 2.45) is 5.92 Å². The van der Waals surface area contributed by atoms with Crippen LogP contribution in [0.25, 0.3) is 0 Å². The molecule has 0 spiro atoms. The van der Waals surface area contributed by atoms with Crippen LogP contribution < -0.4 is 5.32 Å². The number of nitrogens with zero attached hydrogens (tertiary/aromatic N) is 1. The summed E-state index contributed by atoms with van der Waals surface area (Å²) in [6.07, 6.45) is 4.14. The quantitative estimate of drug-likeness (QED) is 0.534. The van der Waals surface area contributed by atoms with Gasteiger partial charge in [0.25, 0.3) is 0 Å². The Labute approximate surface area is 186 Å². The highest BCUT2D eigenvalue weighted by Gasteiger charge is 2.34. The average Bonchev–Trinajstić information content (AvgIpc) is 3.28. The van der Waals surface area contributed by atoms with Gasteiger partial charge in [0.15, 0.2) is 0 Å². The van der Waals surface area contributed by atoms with E-state index in [-0.39, 0.29) is 0 Å². The number of benzene rings is 1. The summed E-state index contributed by atoms with van der Waals surface area (Å²) in [4.78, 5) is 21.4. The van der Waals surface area contributed by atoms with Crippen LogP contribution in [0.15, 0.2) is 36.4 Å². The monoisotopic (exact) mass is 456 g/mol. The minimum Gasteiger partial charge on any atom is -0.478 e. The minimum absolute atomic E-state index is 0.355. The van der Waals surface area contributed by atoms with Crippen molar-refractivity contribution in [1.29, 1.82) is 0 Å². The maximum Gasteiger partial charge on any atom is 0.416 e. The van der Waals surface area contributed by atoms with Crippen molar-refractivity contribution in [1.82, 2.24) is 10.2 Å². The smallest absolute Gasteiger partial charge is 0.416 e. The zero-order chi connectivity index (χ0) is 23.6. The molecule has 1 aliphatic carbocycles. The molecule has 1 aliphatic heterocycles. The molecule has 0 unspecified atom stereocenters. The molecule has 1 saturated heterocycles. The number of hydrogen-bond donors (Lipinski definition) is 3. The van der Waals surface area contributed by atoms with Gasteiger partial charge in [0, 0.05) is 37.8 Å². The number of aliphatic carboxylic acids is 2. The molecule has 3 rings (SSSR count). The molecule has 1 heterocycles. The van der Waals surface area contributed by atoms with E-state index in [2.05, 4.69) is 10.2 Å². The van der Waals surface area contributed by atoms with Gasteiger partial charge in [0.1, 0.15) is 0 Å². The first-order valence-electron chi connectivity index (χ1n) is 10.9. The third kappa shape index (κ3) is 9.00. The lowest BCUT2D eigenvalue weighted by Gasteiger charge is -2.34. The Morgan fingerprint density at radius 1 is 1.03 bits per heavy atom. The first-order valence-corrected chi connectivity index (χ1v) is 10.9. The van der Waals surface area contributed by atoms with E-state index >= 15 is 0 Å². The highest BCUT2D eigenvalue weighted by atomic mass is 19.4. The van der Waals surface area contributed by atoms with Crippen LogP contribution in [0.3, 0.4) is 0 Å². The van der Waals surface area contributed by atoms with Crippen molar-refractivity contribution in [2.45, 2.75) is 57.3 Å². The van der Waals surface area contributed by atoms with Crippen LogP contribution in [-0.4, -0.2) is 52.7 Å². The van der Waals surface area contributed by atoms with Gasteiger partial charge in [-0.25, -0.2) is 9.59 Å². The number of carboxylic acid groups (broad SMARTS) is 2. The maximum absolute atomic E-state index is 13.3. The van der Waals surface area contributed by atoms with Gasteiger partial charge in [0.05, 0.1) is 5.56 Å². The SMILES string of the molecule is FC(F)(F)c1ccccc1CN(CC1CCCCC1)[C@H]1CCNC1.O=C(O)/C=C/C(=O)O. The fourth-order valence-electron chi connectivity index (χ4n) is 4.29. The second-order valence-electron chi connectivity index (χ2n) is 8.24. The Morgan fingerprint density at radius 3 is 2.19 bits per heavy atom. The van der Waals surface area contributed by atoms with Gasteiger partial charge in [-0.1, -0.05) is 37.5 Å². The molecular formula is C23H31F3N2O4. The highest BCUT2D eigenvalue weighted by molar-refractivity contribution is 5.89. The Bertz CT molecular complexity index is 755. The summed E-state index contributed by atoms with van der Waals surface area (Å²) in [5.74, 6) is -1.88. The van der Waals surface area contributed by atoms with Crippen LogP contribution in [-0.2, 0) is 22.3 Å². The summed E-state index contributed by atoms with van der Waals surface area (Å²) in [7, 11) is 0. The Morgan fingerprint density at radius 2 is 1.66 bits per heavy atom. The van der Waals surface area contributed by atoms with Crippen molar-refractivity contribution in [2.75, 3.05) is 19.6 Å². The van der Waals surface area contributed by atoms with Crippen molar-refractivity contribution in [3.05, 3.63) is 47.5 Å². The van der Waals surface area contributed by atoms with Crippen LogP contribution in [0.5, 0.6) is 0 Å². The van der Waals surface area contributed by atoms with Gasteiger partial charge in [-0.15, -0.1) is 0 Å². The molecule has 2 aliphatic rings. The molecule has 1 atom stereocenters. The van der Waals surface area contributed by atoms with Crippen molar-refractivity contribution in [3.8, 4) is 0 Å². The number of carbonyl (C=O) groups is 2. The van der Waals surface area contributed by atoms with E-state index in [1.165, 1.54) is 44.2 Å². The molecule has 2 fully saturated rings. The van der Waals surface area contributed by atoms with Gasteiger partial charge in [0.2, 0.25) is 0 Å². The Hall–Kier alpha value is -2.39. The van der Waals surface area contributed by atoms with E-state index in [1.54, 1.807) is 12.1 Å². The van der Waals surface area contributed by atoms with E-state index in [0.717, 1.165) is 26.1 Å². The van der Waals surface area contributed by atoms with Crippen LogP contribution in [0.4, 0.5) is 13.2 Å². The van der Waals surface area contributed by atoms with Crippen molar-refractivity contribution in [3.63, 3.8) is 0 Å². The summed E-state index contributed by atoms with van der Waals surface area (Å²) in [5.41, 5.74) is -0.0719. The molecule has 1 saturated carbocycles. The van der Waals surface area contributed by atoms with E-state index in [4.69, 9.17) is 10.2 Å². The lowest BCUT2D eigenvalue weighted by atomic mass is 9.88. The summed E-state index contributed by atoms with van der Waals surface area (Å²) in [6, 6.07) is 6.40. The summed E-state index contributed by atoms with van der Waals surface area (Å²) in [5, 5.41) is 19.0. The molecule has 1 aromatic carbocycles.